The van der Waals surface area contributed by atoms with Crippen molar-refractivity contribution in [3.8, 4) is 11.8 Å². The van der Waals surface area contributed by atoms with Crippen LogP contribution < -0.4 is 0 Å². The third-order valence-electron chi connectivity index (χ3n) is 2.31. The molecule has 0 fully saturated rings. The van der Waals surface area contributed by atoms with E-state index in [4.69, 9.17) is 4.74 Å². The van der Waals surface area contributed by atoms with Gasteiger partial charge in [-0.15, -0.1) is 5.92 Å². The molecular formula is C15H20O2. The van der Waals surface area contributed by atoms with Gasteiger partial charge in [0.05, 0.1) is 13.2 Å². The number of aliphatic hydroxyl groups is 1. The second-order valence-corrected chi connectivity index (χ2v) is 3.94. The number of rotatable bonds is 6. The van der Waals surface area contributed by atoms with Crippen molar-refractivity contribution in [1.82, 2.24) is 0 Å². The largest absolute Gasteiger partial charge is 0.378 e. The Labute approximate surface area is 104 Å². The predicted molar refractivity (Wildman–Crippen MR) is 69.4 cm³/mol. The van der Waals surface area contributed by atoms with Gasteiger partial charge in [-0.2, -0.15) is 0 Å². The van der Waals surface area contributed by atoms with Crippen LogP contribution >= 0.6 is 0 Å². The molecule has 1 aromatic rings. The third kappa shape index (κ3) is 6.78. The lowest BCUT2D eigenvalue weighted by atomic mass is 10.2. The van der Waals surface area contributed by atoms with Gasteiger partial charge in [-0.25, -0.2) is 0 Å². The Morgan fingerprint density at radius 3 is 2.76 bits per heavy atom. The van der Waals surface area contributed by atoms with Crippen LogP contribution in [0.25, 0.3) is 0 Å². The molecule has 0 aliphatic carbocycles. The summed E-state index contributed by atoms with van der Waals surface area (Å²) in [6.45, 7) is 2.92. The molecular weight excluding hydrogens is 212 g/mol. The summed E-state index contributed by atoms with van der Waals surface area (Å²) < 4.78 is 5.39. The molecule has 0 saturated heterocycles. The Morgan fingerprint density at radius 1 is 1.29 bits per heavy atom. The summed E-state index contributed by atoms with van der Waals surface area (Å²) in [5.41, 5.74) is 1.11. The van der Waals surface area contributed by atoms with Crippen LogP contribution in [-0.2, 0) is 11.3 Å². The zero-order valence-corrected chi connectivity index (χ0v) is 10.4. The van der Waals surface area contributed by atoms with Crippen molar-refractivity contribution >= 4 is 0 Å². The van der Waals surface area contributed by atoms with Crippen molar-refractivity contribution in [2.24, 2.45) is 0 Å². The first-order chi connectivity index (χ1) is 8.33. The first kappa shape index (κ1) is 13.8. The Morgan fingerprint density at radius 2 is 2.06 bits per heavy atom. The molecule has 0 aliphatic heterocycles. The van der Waals surface area contributed by atoms with Crippen LogP contribution in [0.15, 0.2) is 30.3 Å². The molecule has 1 atom stereocenters. The maximum Gasteiger partial charge on any atom is 0.137 e. The van der Waals surface area contributed by atoms with Gasteiger partial charge in [-0.1, -0.05) is 49.6 Å². The van der Waals surface area contributed by atoms with Crippen molar-refractivity contribution < 1.29 is 9.84 Å². The van der Waals surface area contributed by atoms with Crippen molar-refractivity contribution in [3.05, 3.63) is 35.9 Å². The number of aliphatic hydroxyl groups excluding tert-OH is 1. The first-order valence-corrected chi connectivity index (χ1v) is 6.11. The van der Waals surface area contributed by atoms with Crippen LogP contribution in [0.5, 0.6) is 0 Å². The zero-order chi connectivity index (χ0) is 12.3. The maximum atomic E-state index is 9.53. The topological polar surface area (TPSA) is 29.5 Å². The van der Waals surface area contributed by atoms with E-state index in [1.807, 2.05) is 30.3 Å². The molecule has 0 aliphatic rings. The van der Waals surface area contributed by atoms with E-state index < -0.39 is 6.10 Å². The second-order valence-electron chi connectivity index (χ2n) is 3.94. The summed E-state index contributed by atoms with van der Waals surface area (Å²) in [6, 6.07) is 9.91. The predicted octanol–water partition coefficient (Wildman–Crippen LogP) is 2.76. The fourth-order valence-electron chi connectivity index (χ4n) is 1.36. The van der Waals surface area contributed by atoms with Crippen molar-refractivity contribution in [2.45, 2.75) is 38.9 Å². The third-order valence-corrected chi connectivity index (χ3v) is 2.31. The number of unbranched alkanes of at least 4 members (excludes halogenated alkanes) is 2. The van der Waals surface area contributed by atoms with Gasteiger partial charge < -0.3 is 9.84 Å². The summed E-state index contributed by atoms with van der Waals surface area (Å²) in [5, 5.41) is 9.53. The summed E-state index contributed by atoms with van der Waals surface area (Å²) in [6.07, 6.45) is 2.40. The summed E-state index contributed by atoms with van der Waals surface area (Å²) in [7, 11) is 0. The highest BCUT2D eigenvalue weighted by Crippen LogP contribution is 2.00. The van der Waals surface area contributed by atoms with Gasteiger partial charge in [0.1, 0.15) is 6.10 Å². The van der Waals surface area contributed by atoms with Gasteiger partial charge in [0.2, 0.25) is 0 Å². The van der Waals surface area contributed by atoms with E-state index in [0.717, 1.165) is 24.8 Å². The lowest BCUT2D eigenvalue weighted by molar-refractivity contribution is 0.0543. The molecule has 2 heteroatoms. The Kier molecular flexibility index (Phi) is 7.13. The zero-order valence-electron chi connectivity index (χ0n) is 10.4. The Hall–Kier alpha value is -1.30. The molecule has 1 N–H and O–H groups in total. The SMILES string of the molecule is CCCCC#CC(O)COCc1ccccc1. The monoisotopic (exact) mass is 232 g/mol. The minimum absolute atomic E-state index is 0.272. The highest BCUT2D eigenvalue weighted by Gasteiger charge is 1.99. The molecule has 0 spiro atoms. The number of benzene rings is 1. The Bertz CT molecular complexity index is 348. The smallest absolute Gasteiger partial charge is 0.137 e. The molecule has 17 heavy (non-hydrogen) atoms. The summed E-state index contributed by atoms with van der Waals surface area (Å²) in [4.78, 5) is 0. The van der Waals surface area contributed by atoms with E-state index >= 15 is 0 Å². The average molecular weight is 232 g/mol. The molecule has 1 unspecified atom stereocenters. The van der Waals surface area contributed by atoms with Crippen LogP contribution in [0.4, 0.5) is 0 Å². The molecule has 92 valence electrons. The van der Waals surface area contributed by atoms with Crippen molar-refractivity contribution in [3.63, 3.8) is 0 Å². The molecule has 0 amide bonds. The fourth-order valence-corrected chi connectivity index (χ4v) is 1.36. The van der Waals surface area contributed by atoms with Crippen LogP contribution in [0.2, 0.25) is 0 Å². The summed E-state index contributed by atoms with van der Waals surface area (Å²) >= 11 is 0. The van der Waals surface area contributed by atoms with Crippen LogP contribution in [0.3, 0.4) is 0 Å². The number of hydrogen-bond donors (Lipinski definition) is 1. The molecule has 0 bridgehead atoms. The second kappa shape index (κ2) is 8.81. The lowest BCUT2D eigenvalue weighted by Gasteiger charge is -2.05. The van der Waals surface area contributed by atoms with Gasteiger partial charge in [-0.05, 0) is 12.0 Å². The molecule has 0 heterocycles. The fraction of sp³-hybridized carbons (Fsp3) is 0.467. The van der Waals surface area contributed by atoms with Crippen LogP contribution in [-0.4, -0.2) is 17.8 Å². The van der Waals surface area contributed by atoms with Gasteiger partial charge in [0.25, 0.3) is 0 Å². The molecule has 0 radical (unpaired) electrons. The van der Waals surface area contributed by atoms with Gasteiger partial charge in [0.15, 0.2) is 0 Å². The molecule has 1 rings (SSSR count). The lowest BCUT2D eigenvalue weighted by Crippen LogP contribution is -2.12. The van der Waals surface area contributed by atoms with E-state index in [1.165, 1.54) is 0 Å². The highest BCUT2D eigenvalue weighted by molar-refractivity contribution is 5.13. The average Bonchev–Trinajstić information content (AvgIpc) is 2.36. The molecule has 2 nitrogen and oxygen atoms in total. The molecule has 0 aromatic heterocycles. The Balaban J connectivity index is 2.15. The van der Waals surface area contributed by atoms with E-state index in [0.29, 0.717) is 6.61 Å². The van der Waals surface area contributed by atoms with Gasteiger partial charge >= 0.3 is 0 Å². The minimum Gasteiger partial charge on any atom is -0.378 e. The van der Waals surface area contributed by atoms with Crippen molar-refractivity contribution in [1.29, 1.82) is 0 Å². The summed E-state index contributed by atoms with van der Waals surface area (Å²) in [5.74, 6) is 5.74. The van der Waals surface area contributed by atoms with E-state index in [-0.39, 0.29) is 6.61 Å². The van der Waals surface area contributed by atoms with Gasteiger partial charge in [-0.3, -0.25) is 0 Å². The first-order valence-electron chi connectivity index (χ1n) is 6.11. The van der Waals surface area contributed by atoms with Crippen LogP contribution in [0.1, 0.15) is 31.7 Å². The number of ether oxygens (including phenoxy) is 1. The van der Waals surface area contributed by atoms with E-state index in [9.17, 15) is 5.11 Å². The van der Waals surface area contributed by atoms with Crippen molar-refractivity contribution in [2.75, 3.05) is 6.61 Å². The highest BCUT2D eigenvalue weighted by atomic mass is 16.5. The van der Waals surface area contributed by atoms with E-state index in [2.05, 4.69) is 18.8 Å². The van der Waals surface area contributed by atoms with Crippen LogP contribution in [0, 0.1) is 11.8 Å². The standard InChI is InChI=1S/C15H20O2/c1-2-3-4-8-11-15(16)13-17-12-14-9-6-5-7-10-14/h5-7,9-10,15-16H,2-4,12-13H2,1H3. The van der Waals surface area contributed by atoms with Gasteiger partial charge in [0, 0.05) is 6.42 Å². The quantitative estimate of drug-likeness (QED) is 0.603. The normalized spacial score (nSPS) is 11.6. The molecule has 0 saturated carbocycles. The van der Waals surface area contributed by atoms with E-state index in [1.54, 1.807) is 0 Å². The maximum absolute atomic E-state index is 9.53. The molecule has 1 aromatic carbocycles. The number of hydrogen-bond acceptors (Lipinski definition) is 2. The minimum atomic E-state index is -0.671.